The first-order valence-corrected chi connectivity index (χ1v) is 7.92. The highest BCUT2D eigenvalue weighted by Crippen LogP contribution is 2.35. The zero-order chi connectivity index (χ0) is 16.4. The van der Waals surface area contributed by atoms with Gasteiger partial charge in [0.2, 0.25) is 5.91 Å². The number of fused-ring (bicyclic) bond motifs is 1. The van der Waals surface area contributed by atoms with Gasteiger partial charge >= 0.3 is 0 Å². The van der Waals surface area contributed by atoms with Crippen LogP contribution < -0.4 is 4.74 Å². The van der Waals surface area contributed by atoms with Crippen molar-refractivity contribution >= 4 is 5.91 Å². The fourth-order valence-corrected chi connectivity index (χ4v) is 3.39. The third-order valence-electron chi connectivity index (χ3n) is 4.52. The van der Waals surface area contributed by atoms with Crippen LogP contribution in [-0.4, -0.2) is 39.0 Å². The van der Waals surface area contributed by atoms with E-state index in [1.54, 1.807) is 24.2 Å². The Hall–Kier alpha value is -2.37. The van der Waals surface area contributed by atoms with Gasteiger partial charge in [-0.3, -0.25) is 9.48 Å². The Balaban J connectivity index is 1.75. The van der Waals surface area contributed by atoms with E-state index < -0.39 is 0 Å². The summed E-state index contributed by atoms with van der Waals surface area (Å²) in [6, 6.07) is 6.36. The van der Waals surface area contributed by atoms with Crippen LogP contribution in [0.15, 0.2) is 30.6 Å². The van der Waals surface area contributed by atoms with Crippen molar-refractivity contribution in [3.63, 3.8) is 0 Å². The first-order valence-electron chi connectivity index (χ1n) is 7.92. The summed E-state index contributed by atoms with van der Waals surface area (Å²) in [5.41, 5.74) is 2.47. The second-order valence-corrected chi connectivity index (χ2v) is 6.01. The van der Waals surface area contributed by atoms with Gasteiger partial charge in [0.1, 0.15) is 5.75 Å². The molecule has 23 heavy (non-hydrogen) atoms. The SMILES string of the molecule is COc1ccc2c(c1)CC(C)N(C(=O)CCn1ccnn1)C2C. The van der Waals surface area contributed by atoms with Gasteiger partial charge in [-0.05, 0) is 43.5 Å². The minimum Gasteiger partial charge on any atom is -0.497 e. The molecule has 2 unspecified atom stereocenters. The summed E-state index contributed by atoms with van der Waals surface area (Å²) in [6.45, 7) is 4.75. The van der Waals surface area contributed by atoms with E-state index in [4.69, 9.17) is 4.74 Å². The summed E-state index contributed by atoms with van der Waals surface area (Å²) in [5.74, 6) is 1.02. The minimum atomic E-state index is 0.0721. The van der Waals surface area contributed by atoms with Crippen molar-refractivity contribution in [1.82, 2.24) is 19.9 Å². The molecule has 1 aromatic heterocycles. The monoisotopic (exact) mass is 314 g/mol. The fraction of sp³-hybridized carbons (Fsp3) is 0.471. The van der Waals surface area contributed by atoms with E-state index in [0.29, 0.717) is 13.0 Å². The molecule has 0 bridgehead atoms. The molecular weight excluding hydrogens is 292 g/mol. The third kappa shape index (κ3) is 3.06. The first kappa shape index (κ1) is 15.5. The predicted molar refractivity (Wildman–Crippen MR) is 86.1 cm³/mol. The van der Waals surface area contributed by atoms with Gasteiger partial charge in [-0.25, -0.2) is 0 Å². The molecule has 1 aliphatic rings. The normalized spacial score (nSPS) is 20.2. The van der Waals surface area contributed by atoms with E-state index >= 15 is 0 Å². The molecule has 0 saturated heterocycles. The standard InChI is InChI=1S/C17H22N4O2/c1-12-10-14-11-15(23-3)4-5-16(14)13(2)21(12)17(22)6-8-20-9-7-18-19-20/h4-5,7,9,11-13H,6,8,10H2,1-3H3. The average molecular weight is 314 g/mol. The lowest BCUT2D eigenvalue weighted by molar-refractivity contribution is -0.136. The van der Waals surface area contributed by atoms with Crippen molar-refractivity contribution in [1.29, 1.82) is 0 Å². The van der Waals surface area contributed by atoms with Crippen molar-refractivity contribution < 1.29 is 9.53 Å². The molecule has 0 N–H and O–H groups in total. The Labute approximate surface area is 136 Å². The summed E-state index contributed by atoms with van der Waals surface area (Å²) in [7, 11) is 1.68. The van der Waals surface area contributed by atoms with E-state index in [0.717, 1.165) is 12.2 Å². The van der Waals surface area contributed by atoms with Crippen LogP contribution >= 0.6 is 0 Å². The highest BCUT2D eigenvalue weighted by Gasteiger charge is 2.32. The van der Waals surface area contributed by atoms with Gasteiger partial charge in [0.15, 0.2) is 0 Å². The quantitative estimate of drug-likeness (QED) is 0.868. The van der Waals surface area contributed by atoms with Crippen LogP contribution in [0.25, 0.3) is 0 Å². The number of nitrogens with zero attached hydrogens (tertiary/aromatic N) is 4. The zero-order valence-electron chi connectivity index (χ0n) is 13.8. The maximum atomic E-state index is 12.7. The Morgan fingerprint density at radius 1 is 1.39 bits per heavy atom. The number of carbonyl (C=O) groups is 1. The summed E-state index contributed by atoms with van der Waals surface area (Å²) >= 11 is 0. The molecule has 2 atom stereocenters. The van der Waals surface area contributed by atoms with Crippen molar-refractivity contribution in [3.8, 4) is 5.75 Å². The van der Waals surface area contributed by atoms with Crippen LogP contribution in [0.1, 0.15) is 37.4 Å². The van der Waals surface area contributed by atoms with Gasteiger partial charge in [-0.2, -0.15) is 0 Å². The highest BCUT2D eigenvalue weighted by molar-refractivity contribution is 5.77. The number of aryl methyl sites for hydroxylation is 1. The van der Waals surface area contributed by atoms with Gasteiger partial charge in [0.25, 0.3) is 0 Å². The molecule has 2 heterocycles. The molecule has 2 aromatic rings. The van der Waals surface area contributed by atoms with E-state index in [1.165, 1.54) is 11.1 Å². The van der Waals surface area contributed by atoms with Crippen LogP contribution in [0, 0.1) is 0 Å². The van der Waals surface area contributed by atoms with Crippen LogP contribution in [0.2, 0.25) is 0 Å². The van der Waals surface area contributed by atoms with Gasteiger partial charge in [-0.1, -0.05) is 11.3 Å². The Bertz CT molecular complexity index is 684. The largest absolute Gasteiger partial charge is 0.497 e. The molecule has 0 spiro atoms. The number of hydrogen-bond acceptors (Lipinski definition) is 4. The number of hydrogen-bond donors (Lipinski definition) is 0. The van der Waals surface area contributed by atoms with Crippen LogP contribution in [0.3, 0.4) is 0 Å². The lowest BCUT2D eigenvalue weighted by atomic mass is 9.89. The van der Waals surface area contributed by atoms with Crippen LogP contribution in [0.4, 0.5) is 0 Å². The molecule has 3 rings (SSSR count). The van der Waals surface area contributed by atoms with E-state index in [-0.39, 0.29) is 18.0 Å². The molecule has 6 nitrogen and oxygen atoms in total. The van der Waals surface area contributed by atoms with E-state index in [1.807, 2.05) is 11.0 Å². The first-order chi connectivity index (χ1) is 11.1. The fourth-order valence-electron chi connectivity index (χ4n) is 3.39. The number of aromatic nitrogens is 3. The summed E-state index contributed by atoms with van der Waals surface area (Å²) in [5, 5.41) is 7.67. The molecule has 122 valence electrons. The predicted octanol–water partition coefficient (Wildman–Crippen LogP) is 2.21. The van der Waals surface area contributed by atoms with Gasteiger partial charge in [-0.15, -0.1) is 5.10 Å². The van der Waals surface area contributed by atoms with Crippen LogP contribution in [-0.2, 0) is 17.8 Å². The van der Waals surface area contributed by atoms with Gasteiger partial charge < -0.3 is 9.64 Å². The third-order valence-corrected chi connectivity index (χ3v) is 4.52. The summed E-state index contributed by atoms with van der Waals surface area (Å²) in [6.07, 6.45) is 4.69. The lowest BCUT2D eigenvalue weighted by Crippen LogP contribution is -2.45. The number of rotatable bonds is 4. The molecule has 1 amide bonds. The Morgan fingerprint density at radius 3 is 2.91 bits per heavy atom. The van der Waals surface area contributed by atoms with Crippen LogP contribution in [0.5, 0.6) is 5.75 Å². The Morgan fingerprint density at radius 2 is 2.22 bits per heavy atom. The second kappa shape index (κ2) is 6.40. The van der Waals surface area contributed by atoms with Gasteiger partial charge in [0.05, 0.1) is 25.9 Å². The van der Waals surface area contributed by atoms with Gasteiger partial charge in [0, 0.05) is 18.7 Å². The molecule has 6 heteroatoms. The molecule has 0 fully saturated rings. The molecule has 1 aromatic carbocycles. The number of carbonyl (C=O) groups excluding carboxylic acids is 1. The number of amides is 1. The van der Waals surface area contributed by atoms with Crippen molar-refractivity contribution in [2.45, 2.75) is 45.3 Å². The molecule has 0 saturated carbocycles. The zero-order valence-corrected chi connectivity index (χ0v) is 13.8. The summed E-state index contributed by atoms with van der Waals surface area (Å²) in [4.78, 5) is 14.7. The number of ether oxygens (including phenoxy) is 1. The maximum absolute atomic E-state index is 12.7. The molecule has 1 aliphatic heterocycles. The second-order valence-electron chi connectivity index (χ2n) is 6.01. The van der Waals surface area contributed by atoms with Crippen molar-refractivity contribution in [3.05, 3.63) is 41.7 Å². The topological polar surface area (TPSA) is 60.2 Å². The highest BCUT2D eigenvalue weighted by atomic mass is 16.5. The smallest absolute Gasteiger partial charge is 0.225 e. The molecule has 0 radical (unpaired) electrons. The number of methoxy groups -OCH3 is 1. The lowest BCUT2D eigenvalue weighted by Gasteiger charge is -2.40. The van der Waals surface area contributed by atoms with E-state index in [2.05, 4.69) is 36.3 Å². The van der Waals surface area contributed by atoms with E-state index in [9.17, 15) is 4.79 Å². The van der Waals surface area contributed by atoms with Crippen molar-refractivity contribution in [2.75, 3.05) is 7.11 Å². The van der Waals surface area contributed by atoms with Crippen molar-refractivity contribution in [2.24, 2.45) is 0 Å². The molecular formula is C17H22N4O2. The average Bonchev–Trinajstić information content (AvgIpc) is 3.05. The Kier molecular flexibility index (Phi) is 4.32. The molecule has 0 aliphatic carbocycles. The minimum absolute atomic E-state index is 0.0721. The number of benzene rings is 1. The maximum Gasteiger partial charge on any atom is 0.225 e. The summed E-state index contributed by atoms with van der Waals surface area (Å²) < 4.78 is 7.00.